The number of sulfonamides is 1. The van der Waals surface area contributed by atoms with E-state index in [9.17, 15) is 18.5 Å². The summed E-state index contributed by atoms with van der Waals surface area (Å²) in [5, 5.41) is 16.3. The Morgan fingerprint density at radius 2 is 1.69 bits per heavy atom. The molecule has 144 valence electrons. The fraction of sp³-hybridized carbons (Fsp3) is 0.647. The molecule has 2 fully saturated rings. The number of rotatable bonds is 4. The lowest BCUT2D eigenvalue weighted by Crippen LogP contribution is -2.51. The van der Waals surface area contributed by atoms with Crippen LogP contribution in [0.4, 0.5) is 11.4 Å². The molecule has 0 spiro atoms. The van der Waals surface area contributed by atoms with Crippen molar-refractivity contribution in [3.63, 3.8) is 0 Å². The average molecular weight is 382 g/mol. The first-order chi connectivity index (χ1) is 12.2. The van der Waals surface area contributed by atoms with Crippen LogP contribution in [0.25, 0.3) is 0 Å². The first kappa shape index (κ1) is 19.1. The predicted octanol–water partition coefficient (Wildman–Crippen LogP) is 1.94. The molecule has 1 heterocycles. The fourth-order valence-electron chi connectivity index (χ4n) is 3.97. The molecular formula is C17H26N4O4S. The number of primary sulfonamides is 1. The summed E-state index contributed by atoms with van der Waals surface area (Å²) in [7, 11) is -3.99. The monoisotopic (exact) mass is 382 g/mol. The first-order valence-corrected chi connectivity index (χ1v) is 10.6. The second-order valence-corrected chi connectivity index (χ2v) is 8.99. The molecule has 8 nitrogen and oxygen atoms in total. The van der Waals surface area contributed by atoms with Crippen LogP contribution in [0.2, 0.25) is 0 Å². The molecule has 1 aliphatic heterocycles. The fourth-order valence-corrected chi connectivity index (χ4v) is 4.54. The smallest absolute Gasteiger partial charge is 0.272 e. The Hall–Kier alpha value is -1.71. The highest BCUT2D eigenvalue weighted by molar-refractivity contribution is 7.89. The van der Waals surface area contributed by atoms with Crippen LogP contribution in [0.15, 0.2) is 23.1 Å². The van der Waals surface area contributed by atoms with Crippen molar-refractivity contribution >= 4 is 21.4 Å². The van der Waals surface area contributed by atoms with Gasteiger partial charge in [-0.1, -0.05) is 6.92 Å². The minimum atomic E-state index is -3.99. The van der Waals surface area contributed by atoms with Gasteiger partial charge in [0.25, 0.3) is 5.69 Å². The molecule has 1 aromatic rings. The second-order valence-electron chi connectivity index (χ2n) is 7.42. The van der Waals surface area contributed by atoms with Crippen molar-refractivity contribution in [2.45, 2.75) is 43.5 Å². The Morgan fingerprint density at radius 3 is 2.23 bits per heavy atom. The van der Waals surface area contributed by atoms with E-state index in [1.165, 1.54) is 37.8 Å². The van der Waals surface area contributed by atoms with Crippen molar-refractivity contribution in [3.05, 3.63) is 28.3 Å². The van der Waals surface area contributed by atoms with Crippen molar-refractivity contribution < 1.29 is 13.3 Å². The molecule has 0 bridgehead atoms. The van der Waals surface area contributed by atoms with Gasteiger partial charge in [-0.25, -0.2) is 13.6 Å². The maximum Gasteiger partial charge on any atom is 0.272 e. The topological polar surface area (TPSA) is 110 Å². The van der Waals surface area contributed by atoms with Crippen LogP contribution in [0.5, 0.6) is 0 Å². The van der Waals surface area contributed by atoms with Crippen LogP contribution >= 0.6 is 0 Å². The summed E-state index contributed by atoms with van der Waals surface area (Å²) in [5.41, 5.74) is 0.287. The summed E-state index contributed by atoms with van der Waals surface area (Å²) in [6.45, 7) is 5.51. The van der Waals surface area contributed by atoms with Crippen molar-refractivity contribution in [3.8, 4) is 0 Å². The third-order valence-electron chi connectivity index (χ3n) is 5.60. The average Bonchev–Trinajstić information content (AvgIpc) is 2.61. The normalized spacial score (nSPS) is 25.2. The Morgan fingerprint density at radius 1 is 1.08 bits per heavy atom. The molecule has 1 aliphatic carbocycles. The minimum absolute atomic E-state index is 0.217. The highest BCUT2D eigenvalue weighted by Gasteiger charge is 2.28. The summed E-state index contributed by atoms with van der Waals surface area (Å²) >= 11 is 0. The van der Waals surface area contributed by atoms with Gasteiger partial charge in [-0.3, -0.25) is 15.0 Å². The van der Waals surface area contributed by atoms with E-state index in [4.69, 9.17) is 5.14 Å². The SMILES string of the molecule is CC1CCC(N2CCN(c3cc([N+](=O)[O-])cc(S(N)(=O)=O)c3)CC2)CC1. The van der Waals surface area contributed by atoms with Crippen LogP contribution in [0.3, 0.4) is 0 Å². The summed E-state index contributed by atoms with van der Waals surface area (Å²) in [6, 6.07) is 4.49. The number of piperazine rings is 1. The summed E-state index contributed by atoms with van der Waals surface area (Å²) < 4.78 is 23.3. The molecule has 0 unspecified atom stereocenters. The van der Waals surface area contributed by atoms with E-state index in [-0.39, 0.29) is 10.6 Å². The summed E-state index contributed by atoms with van der Waals surface area (Å²) in [5.74, 6) is 0.814. The molecule has 1 saturated heterocycles. The molecule has 0 radical (unpaired) electrons. The molecule has 0 aromatic heterocycles. The quantitative estimate of drug-likeness (QED) is 0.629. The van der Waals surface area contributed by atoms with Crippen molar-refractivity contribution in [2.75, 3.05) is 31.1 Å². The number of benzene rings is 1. The number of anilines is 1. The number of hydrogen-bond acceptors (Lipinski definition) is 6. The van der Waals surface area contributed by atoms with Gasteiger partial charge in [-0.15, -0.1) is 0 Å². The van der Waals surface area contributed by atoms with Crippen molar-refractivity contribution in [1.29, 1.82) is 0 Å². The van der Waals surface area contributed by atoms with Gasteiger partial charge in [-0.05, 0) is 37.7 Å². The molecule has 3 rings (SSSR count). The van der Waals surface area contributed by atoms with Gasteiger partial charge >= 0.3 is 0 Å². The highest BCUT2D eigenvalue weighted by atomic mass is 32.2. The van der Waals surface area contributed by atoms with Crippen LogP contribution < -0.4 is 10.0 Å². The summed E-state index contributed by atoms with van der Waals surface area (Å²) in [6.07, 6.45) is 5.00. The second kappa shape index (κ2) is 7.50. The molecule has 0 amide bonds. The third-order valence-corrected chi connectivity index (χ3v) is 6.49. The van der Waals surface area contributed by atoms with Crippen LogP contribution in [0.1, 0.15) is 32.6 Å². The molecule has 9 heteroatoms. The Bertz CT molecular complexity index is 767. The van der Waals surface area contributed by atoms with E-state index in [1.807, 2.05) is 4.90 Å². The molecule has 1 aromatic carbocycles. The lowest BCUT2D eigenvalue weighted by molar-refractivity contribution is -0.385. The standard InChI is InChI=1S/C17H26N4O4S/c1-13-2-4-14(5-3-13)19-6-8-20(9-7-19)15-10-16(21(22)23)12-17(11-15)26(18,24)25/h10-14H,2-9H2,1H3,(H2,18,24,25). The Balaban J connectivity index is 1.72. The molecule has 26 heavy (non-hydrogen) atoms. The summed E-state index contributed by atoms with van der Waals surface area (Å²) in [4.78, 5) is 14.8. The van der Waals surface area contributed by atoms with Crippen molar-refractivity contribution in [1.82, 2.24) is 4.90 Å². The number of nitrogens with zero attached hydrogens (tertiary/aromatic N) is 3. The van der Waals surface area contributed by atoms with Gasteiger partial charge in [0.15, 0.2) is 0 Å². The molecule has 2 aliphatic rings. The Labute approximate surface area is 154 Å². The first-order valence-electron chi connectivity index (χ1n) is 9.05. The molecule has 2 N–H and O–H groups in total. The van der Waals surface area contributed by atoms with Crippen LogP contribution in [0, 0.1) is 16.0 Å². The van der Waals surface area contributed by atoms with Gasteiger partial charge in [0, 0.05) is 50.0 Å². The third kappa shape index (κ3) is 4.33. The van der Waals surface area contributed by atoms with Gasteiger partial charge in [0.05, 0.1) is 9.82 Å². The zero-order valence-corrected chi connectivity index (χ0v) is 15.8. The minimum Gasteiger partial charge on any atom is -0.369 e. The van der Waals surface area contributed by atoms with Crippen LogP contribution in [-0.4, -0.2) is 50.5 Å². The number of nitrogens with two attached hydrogens (primary N) is 1. The Kier molecular flexibility index (Phi) is 5.50. The lowest BCUT2D eigenvalue weighted by atomic mass is 9.86. The number of nitro groups is 1. The maximum atomic E-state index is 11.7. The van der Waals surface area contributed by atoms with Crippen LogP contribution in [-0.2, 0) is 10.0 Å². The molecule has 0 atom stereocenters. The highest BCUT2D eigenvalue weighted by Crippen LogP contribution is 2.30. The van der Waals surface area contributed by atoms with E-state index < -0.39 is 14.9 Å². The number of hydrogen-bond donors (Lipinski definition) is 1. The zero-order valence-electron chi connectivity index (χ0n) is 15.0. The predicted molar refractivity (Wildman–Crippen MR) is 99.7 cm³/mol. The maximum absolute atomic E-state index is 11.7. The van der Waals surface area contributed by atoms with E-state index in [1.54, 1.807) is 0 Å². The van der Waals surface area contributed by atoms with Gasteiger partial charge in [0.1, 0.15) is 0 Å². The van der Waals surface area contributed by atoms with Gasteiger partial charge in [-0.2, -0.15) is 0 Å². The van der Waals surface area contributed by atoms with E-state index in [0.717, 1.165) is 38.2 Å². The van der Waals surface area contributed by atoms with Crippen molar-refractivity contribution in [2.24, 2.45) is 11.1 Å². The van der Waals surface area contributed by atoms with Gasteiger partial charge in [0.2, 0.25) is 10.0 Å². The number of nitro benzene ring substituents is 1. The lowest BCUT2D eigenvalue weighted by Gasteiger charge is -2.42. The number of non-ortho nitro benzene ring substituents is 1. The largest absolute Gasteiger partial charge is 0.369 e. The van der Waals surface area contributed by atoms with Gasteiger partial charge < -0.3 is 4.90 Å². The molecule has 1 saturated carbocycles. The van der Waals surface area contributed by atoms with E-state index in [2.05, 4.69) is 11.8 Å². The van der Waals surface area contributed by atoms with E-state index in [0.29, 0.717) is 11.7 Å². The van der Waals surface area contributed by atoms with E-state index >= 15 is 0 Å². The zero-order chi connectivity index (χ0) is 18.9. The molecular weight excluding hydrogens is 356 g/mol.